The number of nitrogens with zero attached hydrogens (tertiary/aromatic N) is 1. The number of piperidine rings is 1. The van der Waals surface area contributed by atoms with Gasteiger partial charge in [-0.05, 0) is 56.3 Å². The minimum absolute atomic E-state index is 0.450. The van der Waals surface area contributed by atoms with E-state index >= 15 is 0 Å². The third-order valence-corrected chi connectivity index (χ3v) is 5.92. The van der Waals surface area contributed by atoms with Crippen molar-refractivity contribution in [2.45, 2.75) is 32.7 Å². The van der Waals surface area contributed by atoms with Crippen LogP contribution in [0.3, 0.4) is 0 Å². The van der Waals surface area contributed by atoms with Crippen molar-refractivity contribution in [3.63, 3.8) is 0 Å². The standard InChI is InChI=1S/C18H26N2S/c1-14-7-10-20(11-8-14)12-9-19-15(2)18-13-16-5-3-4-6-17(16)21-18/h3-6,13-15,19H,7-12H2,1-2H3. The number of rotatable bonds is 5. The van der Waals surface area contributed by atoms with Crippen molar-refractivity contribution in [1.82, 2.24) is 10.2 Å². The molecule has 3 rings (SSSR count). The van der Waals surface area contributed by atoms with Crippen molar-refractivity contribution in [2.75, 3.05) is 26.2 Å². The van der Waals surface area contributed by atoms with Gasteiger partial charge in [0.15, 0.2) is 0 Å². The number of thiophene rings is 1. The molecule has 1 aliphatic rings. The molecule has 0 amide bonds. The first-order valence-corrected chi connectivity index (χ1v) is 8.98. The van der Waals surface area contributed by atoms with Gasteiger partial charge in [0.25, 0.3) is 0 Å². The topological polar surface area (TPSA) is 15.3 Å². The fourth-order valence-electron chi connectivity index (χ4n) is 3.04. The molecule has 1 aromatic heterocycles. The minimum Gasteiger partial charge on any atom is -0.308 e. The fraction of sp³-hybridized carbons (Fsp3) is 0.556. The van der Waals surface area contributed by atoms with Crippen LogP contribution in [0.4, 0.5) is 0 Å². The number of benzene rings is 1. The molecule has 1 atom stereocenters. The number of hydrogen-bond acceptors (Lipinski definition) is 3. The number of hydrogen-bond donors (Lipinski definition) is 1. The SMILES string of the molecule is CC1CCN(CCNC(C)c2cc3ccccc3s2)CC1. The molecular formula is C18H26N2S. The summed E-state index contributed by atoms with van der Waals surface area (Å²) in [4.78, 5) is 4.05. The van der Waals surface area contributed by atoms with E-state index in [4.69, 9.17) is 0 Å². The molecule has 1 aromatic carbocycles. The lowest BCUT2D eigenvalue weighted by atomic mass is 9.99. The molecule has 1 saturated heterocycles. The molecule has 1 aliphatic heterocycles. The van der Waals surface area contributed by atoms with Crippen molar-refractivity contribution >= 4 is 21.4 Å². The molecule has 3 heteroatoms. The highest BCUT2D eigenvalue weighted by atomic mass is 32.1. The molecular weight excluding hydrogens is 276 g/mol. The monoisotopic (exact) mass is 302 g/mol. The molecule has 114 valence electrons. The van der Waals surface area contributed by atoms with Gasteiger partial charge in [0, 0.05) is 28.7 Å². The van der Waals surface area contributed by atoms with Gasteiger partial charge < -0.3 is 10.2 Å². The lowest BCUT2D eigenvalue weighted by molar-refractivity contribution is 0.191. The van der Waals surface area contributed by atoms with Crippen LogP contribution < -0.4 is 5.32 Å². The van der Waals surface area contributed by atoms with E-state index < -0.39 is 0 Å². The fourth-order valence-corrected chi connectivity index (χ4v) is 4.13. The number of likely N-dealkylation sites (tertiary alicyclic amines) is 1. The van der Waals surface area contributed by atoms with Crippen molar-refractivity contribution in [1.29, 1.82) is 0 Å². The maximum atomic E-state index is 3.69. The zero-order valence-electron chi connectivity index (χ0n) is 13.1. The van der Waals surface area contributed by atoms with Gasteiger partial charge in [-0.3, -0.25) is 0 Å². The van der Waals surface area contributed by atoms with Crippen molar-refractivity contribution in [3.05, 3.63) is 35.2 Å². The molecule has 0 aliphatic carbocycles. The molecule has 1 unspecified atom stereocenters. The Bertz CT molecular complexity index is 536. The van der Waals surface area contributed by atoms with Gasteiger partial charge in [0.2, 0.25) is 0 Å². The van der Waals surface area contributed by atoms with E-state index in [-0.39, 0.29) is 0 Å². The first kappa shape index (κ1) is 15.0. The Hall–Kier alpha value is -0.900. The first-order valence-electron chi connectivity index (χ1n) is 8.16. The van der Waals surface area contributed by atoms with Crippen molar-refractivity contribution in [3.8, 4) is 0 Å². The van der Waals surface area contributed by atoms with Gasteiger partial charge in [0.05, 0.1) is 0 Å². The van der Waals surface area contributed by atoms with Gasteiger partial charge >= 0.3 is 0 Å². The zero-order chi connectivity index (χ0) is 14.7. The van der Waals surface area contributed by atoms with Crippen molar-refractivity contribution < 1.29 is 0 Å². The second-order valence-electron chi connectivity index (χ2n) is 6.39. The normalized spacial score (nSPS) is 19.1. The maximum absolute atomic E-state index is 3.69. The van der Waals surface area contributed by atoms with Gasteiger partial charge in [-0.1, -0.05) is 25.1 Å². The van der Waals surface area contributed by atoms with Gasteiger partial charge in [-0.2, -0.15) is 0 Å². The van der Waals surface area contributed by atoms with Crippen LogP contribution in [0.15, 0.2) is 30.3 Å². The molecule has 0 radical (unpaired) electrons. The molecule has 0 spiro atoms. The van der Waals surface area contributed by atoms with Crippen LogP contribution in [-0.2, 0) is 0 Å². The number of nitrogens with one attached hydrogen (secondary N) is 1. The summed E-state index contributed by atoms with van der Waals surface area (Å²) in [6.07, 6.45) is 2.73. The molecule has 0 saturated carbocycles. The van der Waals surface area contributed by atoms with E-state index in [1.54, 1.807) is 0 Å². The average Bonchev–Trinajstić information content (AvgIpc) is 2.93. The van der Waals surface area contributed by atoms with Crippen LogP contribution in [0, 0.1) is 5.92 Å². The summed E-state index contributed by atoms with van der Waals surface area (Å²) in [5.74, 6) is 0.923. The molecule has 0 bridgehead atoms. The maximum Gasteiger partial charge on any atom is 0.0386 e. The van der Waals surface area contributed by atoms with Crippen LogP contribution in [0.2, 0.25) is 0 Å². The lowest BCUT2D eigenvalue weighted by Gasteiger charge is -2.30. The van der Waals surface area contributed by atoms with E-state index in [2.05, 4.69) is 54.4 Å². The number of fused-ring (bicyclic) bond motifs is 1. The van der Waals surface area contributed by atoms with Crippen LogP contribution >= 0.6 is 11.3 Å². The summed E-state index contributed by atoms with van der Waals surface area (Å²) in [5, 5.41) is 5.06. The van der Waals surface area contributed by atoms with E-state index in [0.29, 0.717) is 6.04 Å². The quantitative estimate of drug-likeness (QED) is 0.886. The summed E-state index contributed by atoms with van der Waals surface area (Å²) >= 11 is 1.92. The minimum atomic E-state index is 0.450. The molecule has 1 N–H and O–H groups in total. The van der Waals surface area contributed by atoms with E-state index in [0.717, 1.165) is 12.5 Å². The third-order valence-electron chi connectivity index (χ3n) is 4.63. The Balaban J connectivity index is 1.48. The molecule has 1 fully saturated rings. The first-order chi connectivity index (χ1) is 10.2. The van der Waals surface area contributed by atoms with Crippen LogP contribution in [-0.4, -0.2) is 31.1 Å². The van der Waals surface area contributed by atoms with Gasteiger partial charge in [-0.15, -0.1) is 11.3 Å². The largest absolute Gasteiger partial charge is 0.308 e. The molecule has 2 nitrogen and oxygen atoms in total. The van der Waals surface area contributed by atoms with Crippen LogP contribution in [0.25, 0.3) is 10.1 Å². The second-order valence-corrected chi connectivity index (χ2v) is 7.50. The predicted octanol–water partition coefficient (Wildman–Crippen LogP) is 4.28. The average molecular weight is 302 g/mol. The molecule has 2 heterocycles. The Labute approximate surface area is 132 Å². The Morgan fingerprint density at radius 3 is 2.81 bits per heavy atom. The summed E-state index contributed by atoms with van der Waals surface area (Å²) < 4.78 is 1.39. The summed E-state index contributed by atoms with van der Waals surface area (Å²) in [6.45, 7) is 9.48. The smallest absolute Gasteiger partial charge is 0.0386 e. The van der Waals surface area contributed by atoms with Gasteiger partial charge in [0.1, 0.15) is 0 Å². The highest BCUT2D eigenvalue weighted by molar-refractivity contribution is 7.19. The third kappa shape index (κ3) is 3.85. The van der Waals surface area contributed by atoms with Gasteiger partial charge in [-0.25, -0.2) is 0 Å². The van der Waals surface area contributed by atoms with Crippen LogP contribution in [0.1, 0.15) is 37.6 Å². The Morgan fingerprint density at radius 2 is 2.05 bits per heavy atom. The zero-order valence-corrected chi connectivity index (χ0v) is 14.0. The highest BCUT2D eigenvalue weighted by Gasteiger charge is 2.15. The molecule has 2 aromatic rings. The molecule has 21 heavy (non-hydrogen) atoms. The second kappa shape index (κ2) is 6.91. The van der Waals surface area contributed by atoms with Crippen LogP contribution in [0.5, 0.6) is 0 Å². The van der Waals surface area contributed by atoms with Crippen molar-refractivity contribution in [2.24, 2.45) is 5.92 Å². The summed E-state index contributed by atoms with van der Waals surface area (Å²) in [5.41, 5.74) is 0. The Kier molecular flexibility index (Phi) is 4.94. The van der Waals surface area contributed by atoms with E-state index in [9.17, 15) is 0 Å². The lowest BCUT2D eigenvalue weighted by Crippen LogP contribution is -2.38. The summed E-state index contributed by atoms with van der Waals surface area (Å²) in [6, 6.07) is 11.4. The van der Waals surface area contributed by atoms with E-state index in [1.807, 2.05) is 11.3 Å². The Morgan fingerprint density at radius 1 is 1.29 bits per heavy atom. The highest BCUT2D eigenvalue weighted by Crippen LogP contribution is 2.29. The summed E-state index contributed by atoms with van der Waals surface area (Å²) in [7, 11) is 0. The van der Waals surface area contributed by atoms with E-state index in [1.165, 1.54) is 47.4 Å². The predicted molar refractivity (Wildman–Crippen MR) is 93.1 cm³/mol.